The summed E-state index contributed by atoms with van der Waals surface area (Å²) in [6, 6.07) is 13.7. The zero-order chi connectivity index (χ0) is 20.1. The fourth-order valence-electron chi connectivity index (χ4n) is 3.60. The number of thioether (sulfide) groups is 1. The number of hydrogen-bond donors (Lipinski definition) is 1. The zero-order valence-electron chi connectivity index (χ0n) is 16.1. The fraction of sp³-hybridized carbons (Fsp3) is 0.318. The molecule has 1 aromatic carbocycles. The van der Waals surface area contributed by atoms with Gasteiger partial charge in [-0.15, -0.1) is 0 Å². The first kappa shape index (κ1) is 19.5. The number of rotatable bonds is 8. The molecule has 2 aromatic heterocycles. The number of benzene rings is 1. The molecule has 0 spiro atoms. The van der Waals surface area contributed by atoms with E-state index < -0.39 is 0 Å². The molecular weight excluding hydrogens is 386 g/mol. The van der Waals surface area contributed by atoms with Crippen LogP contribution >= 0.6 is 11.8 Å². The number of nitrogens with one attached hydrogen (secondary N) is 1. The summed E-state index contributed by atoms with van der Waals surface area (Å²) >= 11 is 1.35. The summed E-state index contributed by atoms with van der Waals surface area (Å²) in [4.78, 5) is 29.1. The van der Waals surface area contributed by atoms with Gasteiger partial charge in [-0.25, -0.2) is 4.79 Å². The second-order valence-electron chi connectivity index (χ2n) is 7.02. The number of hydrogen-bond acceptors (Lipinski definition) is 5. The molecule has 4 rings (SSSR count). The summed E-state index contributed by atoms with van der Waals surface area (Å²) < 4.78 is 7.08. The van der Waals surface area contributed by atoms with Crippen LogP contribution in [0, 0.1) is 0 Å². The number of amides is 1. The quantitative estimate of drug-likeness (QED) is 0.457. The van der Waals surface area contributed by atoms with Gasteiger partial charge in [-0.2, -0.15) is 4.98 Å². The van der Waals surface area contributed by atoms with Gasteiger partial charge in [0.25, 0.3) is 0 Å². The molecule has 3 aromatic rings. The SMILES string of the molecule is O=C(CSc1nc(=O)n(Cc2ccco2)c2c1CCC2)NCCc1ccccc1. The minimum Gasteiger partial charge on any atom is -0.467 e. The topological polar surface area (TPSA) is 77.1 Å². The van der Waals surface area contributed by atoms with E-state index in [9.17, 15) is 9.59 Å². The van der Waals surface area contributed by atoms with E-state index in [4.69, 9.17) is 4.42 Å². The maximum atomic E-state index is 12.6. The maximum absolute atomic E-state index is 12.6. The Hall–Kier alpha value is -2.80. The van der Waals surface area contributed by atoms with Crippen LogP contribution < -0.4 is 11.0 Å². The smallest absolute Gasteiger partial charge is 0.349 e. The molecule has 1 aliphatic carbocycles. The molecule has 0 aliphatic heterocycles. The number of furan rings is 1. The van der Waals surface area contributed by atoms with Gasteiger partial charge in [0, 0.05) is 17.8 Å². The van der Waals surface area contributed by atoms with Gasteiger partial charge in [0.2, 0.25) is 5.91 Å². The third kappa shape index (κ3) is 4.79. The molecule has 0 saturated carbocycles. The van der Waals surface area contributed by atoms with Gasteiger partial charge in [-0.3, -0.25) is 9.36 Å². The monoisotopic (exact) mass is 409 g/mol. The Bertz CT molecular complexity index is 1030. The molecule has 2 heterocycles. The van der Waals surface area contributed by atoms with Gasteiger partial charge in [0.05, 0.1) is 18.6 Å². The lowest BCUT2D eigenvalue weighted by Crippen LogP contribution is -2.29. The predicted molar refractivity (Wildman–Crippen MR) is 112 cm³/mol. The Kier molecular flexibility index (Phi) is 6.14. The summed E-state index contributed by atoms with van der Waals surface area (Å²) in [5.74, 6) is 0.955. The van der Waals surface area contributed by atoms with Gasteiger partial charge in [0.1, 0.15) is 10.8 Å². The average molecular weight is 410 g/mol. The number of carbonyl (C=O) groups excluding carboxylic acids is 1. The average Bonchev–Trinajstić information content (AvgIpc) is 3.41. The largest absolute Gasteiger partial charge is 0.467 e. The van der Waals surface area contributed by atoms with E-state index in [1.807, 2.05) is 42.5 Å². The minimum atomic E-state index is -0.283. The van der Waals surface area contributed by atoms with Crippen LogP contribution in [-0.2, 0) is 30.6 Å². The Morgan fingerprint density at radius 3 is 2.83 bits per heavy atom. The first-order valence-electron chi connectivity index (χ1n) is 9.79. The van der Waals surface area contributed by atoms with Crippen LogP contribution in [0.2, 0.25) is 0 Å². The van der Waals surface area contributed by atoms with Gasteiger partial charge in [-0.1, -0.05) is 42.1 Å². The molecule has 1 N–H and O–H groups in total. The van der Waals surface area contributed by atoms with Crippen LogP contribution in [0.3, 0.4) is 0 Å². The molecule has 0 saturated heterocycles. The lowest BCUT2D eigenvalue weighted by molar-refractivity contribution is -0.118. The molecular formula is C22H23N3O3S. The van der Waals surface area contributed by atoms with E-state index in [0.29, 0.717) is 18.1 Å². The van der Waals surface area contributed by atoms with Crippen LogP contribution in [0.5, 0.6) is 0 Å². The Morgan fingerprint density at radius 1 is 1.17 bits per heavy atom. The Morgan fingerprint density at radius 2 is 2.03 bits per heavy atom. The molecule has 0 radical (unpaired) electrons. The summed E-state index contributed by atoms with van der Waals surface area (Å²) in [5.41, 5.74) is 3.03. The van der Waals surface area contributed by atoms with Crippen LogP contribution in [0.1, 0.15) is 29.0 Å². The van der Waals surface area contributed by atoms with Gasteiger partial charge in [-0.05, 0) is 43.4 Å². The molecule has 1 amide bonds. The molecule has 0 atom stereocenters. The van der Waals surface area contributed by atoms with Crippen molar-refractivity contribution in [3.8, 4) is 0 Å². The highest BCUT2D eigenvalue weighted by Gasteiger charge is 2.23. The molecule has 0 bridgehead atoms. The number of carbonyl (C=O) groups is 1. The van der Waals surface area contributed by atoms with Gasteiger partial charge in [0.15, 0.2) is 0 Å². The molecule has 0 unspecified atom stereocenters. The maximum Gasteiger partial charge on any atom is 0.349 e. The van der Waals surface area contributed by atoms with E-state index in [2.05, 4.69) is 10.3 Å². The van der Waals surface area contributed by atoms with E-state index in [0.717, 1.165) is 42.7 Å². The van der Waals surface area contributed by atoms with Crippen molar-refractivity contribution < 1.29 is 9.21 Å². The lowest BCUT2D eigenvalue weighted by atomic mass is 10.1. The molecule has 7 heteroatoms. The van der Waals surface area contributed by atoms with Crippen molar-refractivity contribution >= 4 is 17.7 Å². The van der Waals surface area contributed by atoms with E-state index in [1.165, 1.54) is 17.3 Å². The third-order valence-electron chi connectivity index (χ3n) is 5.01. The third-order valence-corrected chi connectivity index (χ3v) is 6.03. The minimum absolute atomic E-state index is 0.0424. The van der Waals surface area contributed by atoms with Crippen molar-refractivity contribution in [3.63, 3.8) is 0 Å². The van der Waals surface area contributed by atoms with E-state index in [-0.39, 0.29) is 17.3 Å². The number of aromatic nitrogens is 2. The number of fused-ring (bicyclic) bond motifs is 1. The summed E-state index contributed by atoms with van der Waals surface area (Å²) in [5, 5.41) is 3.63. The van der Waals surface area contributed by atoms with Gasteiger partial charge >= 0.3 is 5.69 Å². The normalized spacial score (nSPS) is 12.7. The molecule has 150 valence electrons. The zero-order valence-corrected chi connectivity index (χ0v) is 16.9. The van der Waals surface area contributed by atoms with Crippen LogP contribution in [0.15, 0.2) is 63.0 Å². The molecule has 0 fully saturated rings. The lowest BCUT2D eigenvalue weighted by Gasteiger charge is -2.13. The van der Waals surface area contributed by atoms with Gasteiger partial charge < -0.3 is 9.73 Å². The Labute approximate surface area is 173 Å². The van der Waals surface area contributed by atoms with Crippen LogP contribution in [0.25, 0.3) is 0 Å². The molecule has 1 aliphatic rings. The van der Waals surface area contributed by atoms with Crippen LogP contribution in [-0.4, -0.2) is 27.8 Å². The highest BCUT2D eigenvalue weighted by atomic mass is 32.2. The van der Waals surface area contributed by atoms with Crippen molar-refractivity contribution in [1.29, 1.82) is 0 Å². The summed E-state index contributed by atoms with van der Waals surface area (Å²) in [7, 11) is 0. The van der Waals surface area contributed by atoms with E-state index in [1.54, 1.807) is 10.8 Å². The standard InChI is InChI=1S/C22H23N3O3S/c26-20(23-12-11-16-6-2-1-3-7-16)15-29-21-18-9-4-10-19(18)25(22(27)24-21)14-17-8-5-13-28-17/h1-3,5-8,13H,4,9-12,14-15H2,(H,23,26). The van der Waals surface area contributed by atoms with E-state index >= 15 is 0 Å². The van der Waals surface area contributed by atoms with Crippen molar-refractivity contribution in [2.45, 2.75) is 37.3 Å². The number of nitrogens with zero attached hydrogens (tertiary/aromatic N) is 2. The highest BCUT2D eigenvalue weighted by molar-refractivity contribution is 7.99. The predicted octanol–water partition coefficient (Wildman–Crippen LogP) is 2.82. The van der Waals surface area contributed by atoms with Crippen molar-refractivity contribution in [2.24, 2.45) is 0 Å². The summed E-state index contributed by atoms with van der Waals surface area (Å²) in [6.07, 6.45) is 5.14. The van der Waals surface area contributed by atoms with Crippen molar-refractivity contribution in [2.75, 3.05) is 12.3 Å². The second-order valence-corrected chi connectivity index (χ2v) is 7.98. The first-order valence-corrected chi connectivity index (χ1v) is 10.8. The first-order chi connectivity index (χ1) is 14.2. The Balaban J connectivity index is 1.37. The van der Waals surface area contributed by atoms with Crippen molar-refractivity contribution in [3.05, 3.63) is 81.8 Å². The second kappa shape index (κ2) is 9.13. The molecule has 29 heavy (non-hydrogen) atoms. The summed E-state index contributed by atoms with van der Waals surface area (Å²) in [6.45, 7) is 0.992. The highest BCUT2D eigenvalue weighted by Crippen LogP contribution is 2.29. The van der Waals surface area contributed by atoms with Crippen molar-refractivity contribution in [1.82, 2.24) is 14.9 Å². The van der Waals surface area contributed by atoms with Crippen LogP contribution in [0.4, 0.5) is 0 Å². The molecule has 6 nitrogen and oxygen atoms in total. The fourth-order valence-corrected chi connectivity index (χ4v) is 4.51.